The summed E-state index contributed by atoms with van der Waals surface area (Å²) in [5.41, 5.74) is 2.12. The Bertz CT molecular complexity index is 622. The van der Waals surface area contributed by atoms with Crippen LogP contribution < -0.4 is 5.32 Å². The Labute approximate surface area is 124 Å². The van der Waals surface area contributed by atoms with Gasteiger partial charge in [-0.05, 0) is 25.5 Å². The minimum absolute atomic E-state index is 0.0786. The number of hydrogen-bond donors (Lipinski definition) is 1. The highest BCUT2D eigenvalue weighted by molar-refractivity contribution is 5.83. The van der Waals surface area contributed by atoms with Gasteiger partial charge in [-0.15, -0.1) is 0 Å². The first-order chi connectivity index (χ1) is 10.1. The first-order valence-electron chi connectivity index (χ1n) is 7.26. The van der Waals surface area contributed by atoms with E-state index in [-0.39, 0.29) is 18.0 Å². The van der Waals surface area contributed by atoms with Gasteiger partial charge in [0.2, 0.25) is 5.91 Å². The van der Waals surface area contributed by atoms with Crippen LogP contribution in [-0.2, 0) is 4.79 Å². The number of nitrogens with zero attached hydrogens (tertiary/aromatic N) is 3. The predicted molar refractivity (Wildman–Crippen MR) is 81.2 cm³/mol. The Hall–Kier alpha value is -2.14. The zero-order valence-electron chi connectivity index (χ0n) is 12.4. The Balaban J connectivity index is 1.70. The molecule has 0 spiro atoms. The summed E-state index contributed by atoms with van der Waals surface area (Å²) in [6, 6.07) is 10.0. The van der Waals surface area contributed by atoms with E-state index in [1.165, 1.54) is 0 Å². The maximum absolute atomic E-state index is 11.9. The Kier molecular flexibility index (Phi) is 3.75. The predicted octanol–water partition coefficient (Wildman–Crippen LogP) is 1.75. The number of rotatable bonds is 4. The molecule has 110 valence electrons. The van der Waals surface area contributed by atoms with Crippen LogP contribution >= 0.6 is 0 Å². The third-order valence-corrected chi connectivity index (χ3v) is 4.00. The van der Waals surface area contributed by atoms with Crippen LogP contribution in [0.15, 0.2) is 42.7 Å². The second-order valence-corrected chi connectivity index (χ2v) is 5.54. The molecule has 1 saturated heterocycles. The number of amides is 1. The van der Waals surface area contributed by atoms with Crippen LogP contribution in [0, 0.1) is 0 Å². The molecular formula is C16H20N4O. The lowest BCUT2D eigenvalue weighted by molar-refractivity contribution is -0.128. The zero-order chi connectivity index (χ0) is 14.8. The van der Waals surface area contributed by atoms with Crippen LogP contribution in [0.1, 0.15) is 24.9 Å². The van der Waals surface area contributed by atoms with Crippen LogP contribution in [0.3, 0.4) is 0 Å². The van der Waals surface area contributed by atoms with Gasteiger partial charge in [0.25, 0.3) is 0 Å². The fourth-order valence-electron chi connectivity index (χ4n) is 2.66. The molecule has 1 aromatic heterocycles. The summed E-state index contributed by atoms with van der Waals surface area (Å²) >= 11 is 0. The summed E-state index contributed by atoms with van der Waals surface area (Å²) in [4.78, 5) is 13.7. The molecular weight excluding hydrogens is 264 g/mol. The van der Waals surface area contributed by atoms with Crippen LogP contribution in [-0.4, -0.2) is 40.2 Å². The van der Waals surface area contributed by atoms with E-state index in [4.69, 9.17) is 0 Å². The number of benzene rings is 1. The van der Waals surface area contributed by atoms with Crippen molar-refractivity contribution in [1.82, 2.24) is 20.0 Å². The van der Waals surface area contributed by atoms with Crippen molar-refractivity contribution in [2.75, 3.05) is 13.6 Å². The maximum atomic E-state index is 11.9. The van der Waals surface area contributed by atoms with Crippen LogP contribution in [0.4, 0.5) is 0 Å². The molecule has 1 aliphatic rings. The van der Waals surface area contributed by atoms with E-state index in [2.05, 4.69) is 17.3 Å². The first kappa shape index (κ1) is 13.8. The summed E-state index contributed by atoms with van der Waals surface area (Å²) in [5.74, 6) is 0.178. The van der Waals surface area contributed by atoms with Gasteiger partial charge in [-0.1, -0.05) is 18.2 Å². The lowest BCUT2D eigenvalue weighted by Crippen LogP contribution is -2.38. The third kappa shape index (κ3) is 2.83. The Morgan fingerprint density at radius 1 is 1.33 bits per heavy atom. The smallest absolute Gasteiger partial charge is 0.239 e. The van der Waals surface area contributed by atoms with Gasteiger partial charge in [0.1, 0.15) is 0 Å². The molecule has 1 aliphatic heterocycles. The van der Waals surface area contributed by atoms with Gasteiger partial charge in [-0.25, -0.2) is 4.68 Å². The summed E-state index contributed by atoms with van der Waals surface area (Å²) in [6.07, 6.45) is 4.73. The molecule has 1 aromatic carbocycles. The summed E-state index contributed by atoms with van der Waals surface area (Å²) < 4.78 is 1.86. The Morgan fingerprint density at radius 2 is 2.10 bits per heavy atom. The number of likely N-dealkylation sites (N-methyl/N-ethyl adjacent to an activating group) is 1. The fourth-order valence-corrected chi connectivity index (χ4v) is 2.66. The minimum atomic E-state index is -0.0786. The molecule has 1 amide bonds. The summed E-state index contributed by atoms with van der Waals surface area (Å²) in [6.45, 7) is 2.89. The van der Waals surface area contributed by atoms with Crippen molar-refractivity contribution in [1.29, 1.82) is 0 Å². The monoisotopic (exact) mass is 284 g/mol. The van der Waals surface area contributed by atoms with Gasteiger partial charge in [0, 0.05) is 31.4 Å². The molecule has 0 saturated carbocycles. The van der Waals surface area contributed by atoms with Crippen molar-refractivity contribution in [3.8, 4) is 5.69 Å². The van der Waals surface area contributed by atoms with E-state index < -0.39 is 0 Å². The number of aromatic nitrogens is 2. The van der Waals surface area contributed by atoms with Crippen molar-refractivity contribution in [2.45, 2.75) is 25.4 Å². The van der Waals surface area contributed by atoms with Gasteiger partial charge in [-0.3, -0.25) is 10.1 Å². The lowest BCUT2D eigenvalue weighted by atomic mass is 10.1. The average molecular weight is 284 g/mol. The number of likely N-dealkylation sites (tertiary alicyclic amines) is 1. The summed E-state index contributed by atoms with van der Waals surface area (Å²) in [7, 11) is 1.85. The van der Waals surface area contributed by atoms with Crippen LogP contribution in [0.5, 0.6) is 0 Å². The third-order valence-electron chi connectivity index (χ3n) is 4.00. The molecule has 0 bridgehead atoms. The van der Waals surface area contributed by atoms with Crippen LogP contribution in [0.25, 0.3) is 5.69 Å². The van der Waals surface area contributed by atoms with Gasteiger partial charge >= 0.3 is 0 Å². The molecule has 5 heteroatoms. The average Bonchev–Trinajstić information content (AvgIpc) is 3.11. The molecule has 1 N–H and O–H groups in total. The molecule has 2 unspecified atom stereocenters. The van der Waals surface area contributed by atoms with E-state index in [1.54, 1.807) is 4.90 Å². The zero-order valence-corrected chi connectivity index (χ0v) is 12.4. The standard InChI is InChI=1S/C16H20N4O/c1-12(18-15-8-9-19(2)16(15)21)13-10-17-20(11-13)14-6-4-3-5-7-14/h3-7,10-12,15,18H,8-9H2,1-2H3. The van der Waals surface area contributed by atoms with Gasteiger partial charge in [0.05, 0.1) is 17.9 Å². The molecule has 2 heterocycles. The minimum Gasteiger partial charge on any atom is -0.344 e. The molecule has 5 nitrogen and oxygen atoms in total. The van der Waals surface area contributed by atoms with Crippen molar-refractivity contribution < 1.29 is 4.79 Å². The molecule has 1 fully saturated rings. The molecule has 2 aromatic rings. The highest BCUT2D eigenvalue weighted by atomic mass is 16.2. The lowest BCUT2D eigenvalue weighted by Gasteiger charge is -2.17. The van der Waals surface area contributed by atoms with E-state index >= 15 is 0 Å². The highest BCUT2D eigenvalue weighted by Crippen LogP contribution is 2.18. The van der Waals surface area contributed by atoms with Crippen molar-refractivity contribution >= 4 is 5.91 Å². The SMILES string of the molecule is CC(NC1CCN(C)C1=O)c1cnn(-c2ccccc2)c1. The van der Waals surface area contributed by atoms with Crippen LogP contribution in [0.2, 0.25) is 0 Å². The molecule has 0 aliphatic carbocycles. The van der Waals surface area contributed by atoms with E-state index in [0.29, 0.717) is 0 Å². The maximum Gasteiger partial charge on any atom is 0.239 e. The molecule has 2 atom stereocenters. The Morgan fingerprint density at radius 3 is 2.76 bits per heavy atom. The van der Waals surface area contributed by atoms with E-state index in [0.717, 1.165) is 24.2 Å². The normalized spacial score (nSPS) is 20.0. The number of hydrogen-bond acceptors (Lipinski definition) is 3. The second-order valence-electron chi connectivity index (χ2n) is 5.54. The number of carbonyl (C=O) groups is 1. The molecule has 0 radical (unpaired) electrons. The highest BCUT2D eigenvalue weighted by Gasteiger charge is 2.30. The van der Waals surface area contributed by atoms with E-state index in [1.807, 2.05) is 54.5 Å². The summed E-state index contributed by atoms with van der Waals surface area (Å²) in [5, 5.41) is 7.79. The number of nitrogens with one attached hydrogen (secondary N) is 1. The van der Waals surface area contributed by atoms with Crippen molar-refractivity contribution in [3.63, 3.8) is 0 Å². The quantitative estimate of drug-likeness (QED) is 0.930. The first-order valence-corrected chi connectivity index (χ1v) is 7.26. The molecule has 21 heavy (non-hydrogen) atoms. The van der Waals surface area contributed by atoms with Crippen molar-refractivity contribution in [2.24, 2.45) is 0 Å². The van der Waals surface area contributed by atoms with Gasteiger partial charge in [0.15, 0.2) is 0 Å². The number of para-hydroxylation sites is 1. The number of carbonyl (C=O) groups excluding carboxylic acids is 1. The van der Waals surface area contributed by atoms with Gasteiger partial charge in [-0.2, -0.15) is 5.10 Å². The second kappa shape index (κ2) is 5.69. The molecule has 3 rings (SSSR count). The van der Waals surface area contributed by atoms with E-state index in [9.17, 15) is 4.79 Å². The van der Waals surface area contributed by atoms with Gasteiger partial charge < -0.3 is 4.90 Å². The van der Waals surface area contributed by atoms with Crippen molar-refractivity contribution in [3.05, 3.63) is 48.3 Å². The topological polar surface area (TPSA) is 50.2 Å². The largest absolute Gasteiger partial charge is 0.344 e. The fraction of sp³-hybridized carbons (Fsp3) is 0.375.